The molecule has 1 saturated carbocycles. The second-order valence-corrected chi connectivity index (χ2v) is 8.54. The van der Waals surface area contributed by atoms with Crippen molar-refractivity contribution in [2.45, 2.75) is 72.3 Å². The average Bonchev–Trinajstić information content (AvgIpc) is 2.31. The lowest BCUT2D eigenvalue weighted by molar-refractivity contribution is 0.0952. The van der Waals surface area contributed by atoms with E-state index in [0.717, 1.165) is 24.4 Å². The molecule has 0 aromatic heterocycles. The fourth-order valence-electron chi connectivity index (χ4n) is 3.71. The smallest absolute Gasteiger partial charge is 0.0198 e. The van der Waals surface area contributed by atoms with E-state index < -0.39 is 0 Å². The summed E-state index contributed by atoms with van der Waals surface area (Å²) in [6.07, 6.45) is 8.58. The summed E-state index contributed by atoms with van der Waals surface area (Å²) in [6, 6.07) is 0.722. The fourth-order valence-corrected chi connectivity index (χ4v) is 3.71. The molecular formula is C18H36N2. The number of hydrogen-bond donors (Lipinski definition) is 1. The van der Waals surface area contributed by atoms with Crippen molar-refractivity contribution in [3.8, 4) is 0 Å². The zero-order valence-electron chi connectivity index (χ0n) is 14.3. The van der Waals surface area contributed by atoms with Gasteiger partial charge in [0, 0.05) is 32.2 Å². The van der Waals surface area contributed by atoms with E-state index in [-0.39, 0.29) is 0 Å². The van der Waals surface area contributed by atoms with Gasteiger partial charge in [0.1, 0.15) is 0 Å². The normalized spacial score (nSPS) is 29.4. The monoisotopic (exact) mass is 280 g/mol. The Morgan fingerprint density at radius 1 is 1.10 bits per heavy atom. The predicted octanol–water partition coefficient (Wildman–Crippen LogP) is 3.91. The molecule has 2 rings (SSSR count). The maximum absolute atomic E-state index is 3.85. The van der Waals surface area contributed by atoms with Gasteiger partial charge >= 0.3 is 0 Å². The highest BCUT2D eigenvalue weighted by Crippen LogP contribution is 2.30. The Bertz CT molecular complexity index is 278. The summed E-state index contributed by atoms with van der Waals surface area (Å²) in [7, 11) is 0. The molecule has 2 aliphatic rings. The molecule has 0 bridgehead atoms. The Morgan fingerprint density at radius 2 is 1.85 bits per heavy atom. The summed E-state index contributed by atoms with van der Waals surface area (Å²) < 4.78 is 0. The minimum atomic E-state index is 0.399. The molecule has 0 aromatic carbocycles. The second-order valence-electron chi connectivity index (χ2n) is 8.54. The first kappa shape index (κ1) is 16.3. The SMILES string of the molecule is CCCC1CC(NCC(C)(C)C)CN(CC2CCC2)C1. The van der Waals surface area contributed by atoms with Gasteiger partial charge in [-0.25, -0.2) is 0 Å². The lowest BCUT2D eigenvalue weighted by Crippen LogP contribution is -2.52. The molecule has 1 heterocycles. The first-order valence-electron chi connectivity index (χ1n) is 8.92. The fraction of sp³-hybridized carbons (Fsp3) is 1.00. The molecule has 2 atom stereocenters. The summed E-state index contributed by atoms with van der Waals surface area (Å²) >= 11 is 0. The molecule has 118 valence electrons. The molecule has 0 radical (unpaired) electrons. The van der Waals surface area contributed by atoms with Gasteiger partial charge in [0.15, 0.2) is 0 Å². The number of piperidine rings is 1. The van der Waals surface area contributed by atoms with Gasteiger partial charge in [-0.2, -0.15) is 0 Å². The summed E-state index contributed by atoms with van der Waals surface area (Å²) in [6.45, 7) is 14.5. The highest BCUT2D eigenvalue weighted by molar-refractivity contribution is 4.86. The van der Waals surface area contributed by atoms with E-state index in [0.29, 0.717) is 5.41 Å². The number of nitrogens with one attached hydrogen (secondary N) is 1. The highest BCUT2D eigenvalue weighted by atomic mass is 15.2. The van der Waals surface area contributed by atoms with Gasteiger partial charge in [0.05, 0.1) is 0 Å². The van der Waals surface area contributed by atoms with Crippen molar-refractivity contribution in [1.82, 2.24) is 10.2 Å². The van der Waals surface area contributed by atoms with Gasteiger partial charge in [0.2, 0.25) is 0 Å². The molecule has 1 N–H and O–H groups in total. The Balaban J connectivity index is 1.82. The summed E-state index contributed by atoms with van der Waals surface area (Å²) in [5.41, 5.74) is 0.399. The molecule has 1 aliphatic carbocycles. The number of nitrogens with zero attached hydrogens (tertiary/aromatic N) is 1. The van der Waals surface area contributed by atoms with Crippen molar-refractivity contribution in [3.63, 3.8) is 0 Å². The summed E-state index contributed by atoms with van der Waals surface area (Å²) in [5.74, 6) is 1.94. The van der Waals surface area contributed by atoms with Crippen molar-refractivity contribution >= 4 is 0 Å². The Morgan fingerprint density at radius 3 is 2.40 bits per heavy atom. The first-order chi connectivity index (χ1) is 9.46. The van der Waals surface area contributed by atoms with Crippen molar-refractivity contribution in [3.05, 3.63) is 0 Å². The van der Waals surface area contributed by atoms with Crippen LogP contribution in [0, 0.1) is 17.3 Å². The van der Waals surface area contributed by atoms with E-state index in [1.54, 1.807) is 0 Å². The van der Waals surface area contributed by atoms with E-state index in [1.165, 1.54) is 58.2 Å². The van der Waals surface area contributed by atoms with Crippen LogP contribution in [0.2, 0.25) is 0 Å². The molecule has 0 aromatic rings. The number of likely N-dealkylation sites (tertiary alicyclic amines) is 1. The zero-order chi connectivity index (χ0) is 14.6. The Hall–Kier alpha value is -0.0800. The van der Waals surface area contributed by atoms with Gasteiger partial charge in [-0.3, -0.25) is 0 Å². The molecule has 0 amide bonds. The molecule has 2 nitrogen and oxygen atoms in total. The molecule has 1 aliphatic heterocycles. The third-order valence-corrected chi connectivity index (χ3v) is 4.97. The quantitative estimate of drug-likeness (QED) is 0.793. The van der Waals surface area contributed by atoms with Gasteiger partial charge < -0.3 is 10.2 Å². The van der Waals surface area contributed by atoms with Crippen LogP contribution >= 0.6 is 0 Å². The molecule has 2 fully saturated rings. The van der Waals surface area contributed by atoms with Crippen molar-refractivity contribution in [2.75, 3.05) is 26.2 Å². The number of hydrogen-bond acceptors (Lipinski definition) is 2. The van der Waals surface area contributed by atoms with E-state index in [2.05, 4.69) is 37.9 Å². The topological polar surface area (TPSA) is 15.3 Å². The molecule has 2 unspecified atom stereocenters. The van der Waals surface area contributed by atoms with Crippen molar-refractivity contribution in [1.29, 1.82) is 0 Å². The summed E-state index contributed by atoms with van der Waals surface area (Å²) in [5, 5.41) is 3.85. The van der Waals surface area contributed by atoms with Crippen LogP contribution in [0.25, 0.3) is 0 Å². The minimum absolute atomic E-state index is 0.399. The largest absolute Gasteiger partial charge is 0.312 e. The van der Waals surface area contributed by atoms with Crippen LogP contribution in [0.1, 0.15) is 66.2 Å². The Kier molecular flexibility index (Phi) is 5.92. The molecule has 2 heteroatoms. The molecular weight excluding hydrogens is 244 g/mol. The van der Waals surface area contributed by atoms with Crippen LogP contribution in [0.15, 0.2) is 0 Å². The van der Waals surface area contributed by atoms with Crippen LogP contribution in [0.3, 0.4) is 0 Å². The minimum Gasteiger partial charge on any atom is -0.312 e. The van der Waals surface area contributed by atoms with Gasteiger partial charge in [0.25, 0.3) is 0 Å². The van der Waals surface area contributed by atoms with Gasteiger partial charge in [-0.15, -0.1) is 0 Å². The third-order valence-electron chi connectivity index (χ3n) is 4.97. The van der Waals surface area contributed by atoms with Crippen molar-refractivity contribution in [2.24, 2.45) is 17.3 Å². The first-order valence-corrected chi connectivity index (χ1v) is 8.92. The van der Waals surface area contributed by atoms with Crippen LogP contribution < -0.4 is 5.32 Å². The van der Waals surface area contributed by atoms with Crippen molar-refractivity contribution < 1.29 is 0 Å². The van der Waals surface area contributed by atoms with Crippen LogP contribution in [0.4, 0.5) is 0 Å². The van der Waals surface area contributed by atoms with Crippen LogP contribution in [0.5, 0.6) is 0 Å². The Labute approximate surface area is 126 Å². The lowest BCUT2D eigenvalue weighted by Gasteiger charge is -2.42. The maximum Gasteiger partial charge on any atom is 0.0198 e. The standard InChI is InChI=1S/C18H36N2/c1-5-7-16-10-17(19-14-18(2,3)4)13-20(12-16)11-15-8-6-9-15/h15-17,19H,5-14H2,1-4H3. The number of rotatable bonds is 6. The van der Waals surface area contributed by atoms with Gasteiger partial charge in [-0.1, -0.05) is 40.5 Å². The van der Waals surface area contributed by atoms with E-state index in [4.69, 9.17) is 0 Å². The van der Waals surface area contributed by atoms with E-state index in [9.17, 15) is 0 Å². The maximum atomic E-state index is 3.85. The molecule has 0 spiro atoms. The molecule has 1 saturated heterocycles. The highest BCUT2D eigenvalue weighted by Gasteiger charge is 2.30. The average molecular weight is 280 g/mol. The van der Waals surface area contributed by atoms with Gasteiger partial charge in [-0.05, 0) is 42.9 Å². The predicted molar refractivity (Wildman–Crippen MR) is 88.0 cm³/mol. The lowest BCUT2D eigenvalue weighted by atomic mass is 9.83. The zero-order valence-corrected chi connectivity index (χ0v) is 14.3. The van der Waals surface area contributed by atoms with Crippen LogP contribution in [-0.4, -0.2) is 37.1 Å². The second kappa shape index (κ2) is 7.26. The van der Waals surface area contributed by atoms with Crippen LogP contribution in [-0.2, 0) is 0 Å². The summed E-state index contributed by atoms with van der Waals surface area (Å²) in [4.78, 5) is 2.77. The van der Waals surface area contributed by atoms with E-state index >= 15 is 0 Å². The molecule has 20 heavy (non-hydrogen) atoms. The van der Waals surface area contributed by atoms with E-state index in [1.807, 2.05) is 0 Å². The third kappa shape index (κ3) is 5.37.